The Labute approximate surface area is 193 Å². The maximum absolute atomic E-state index is 12.8. The molecule has 0 aliphatic heterocycles. The highest BCUT2D eigenvalue weighted by Gasteiger charge is 2.21. The molecule has 0 atom stereocenters. The number of aryl methyl sites for hydroxylation is 2. The van der Waals surface area contributed by atoms with Gasteiger partial charge in [-0.3, -0.25) is 9.10 Å². The molecule has 0 heterocycles. The Balaban J connectivity index is 1.57. The lowest BCUT2D eigenvalue weighted by molar-refractivity contribution is 0.0947. The van der Waals surface area contributed by atoms with Crippen LogP contribution in [0.4, 0.5) is 5.69 Å². The van der Waals surface area contributed by atoms with Gasteiger partial charge in [-0.15, -0.1) is 0 Å². The third-order valence-corrected chi connectivity index (χ3v) is 6.99. The van der Waals surface area contributed by atoms with E-state index >= 15 is 0 Å². The molecule has 0 saturated heterocycles. The average Bonchev–Trinajstić information content (AvgIpc) is 2.77. The normalized spacial score (nSPS) is 11.1. The highest BCUT2D eigenvalue weighted by Crippen LogP contribution is 2.23. The molecule has 0 unspecified atom stereocenters. The third-order valence-electron chi connectivity index (χ3n) is 4.94. The standard InChI is InChI=1S/C24H25ClN2O4S/c1-17-4-13-23(18(2)16-17)31-15-14-26-24(28)19-5-9-21(10-6-19)27(3)32(29,30)22-11-7-20(25)8-12-22/h4-13,16H,14-15H2,1-3H3,(H,26,28). The molecular weight excluding hydrogens is 448 g/mol. The number of ether oxygens (including phenoxy) is 1. The molecule has 6 nitrogen and oxygen atoms in total. The van der Waals surface area contributed by atoms with Crippen LogP contribution in [0.5, 0.6) is 5.75 Å². The fourth-order valence-corrected chi connectivity index (χ4v) is 4.44. The van der Waals surface area contributed by atoms with E-state index in [0.29, 0.717) is 29.4 Å². The zero-order valence-electron chi connectivity index (χ0n) is 18.1. The zero-order valence-corrected chi connectivity index (χ0v) is 19.7. The largest absolute Gasteiger partial charge is 0.491 e. The SMILES string of the molecule is Cc1ccc(OCCNC(=O)c2ccc(N(C)S(=O)(=O)c3ccc(Cl)cc3)cc2)c(C)c1. The van der Waals surface area contributed by atoms with E-state index in [4.69, 9.17) is 16.3 Å². The highest BCUT2D eigenvalue weighted by molar-refractivity contribution is 7.92. The van der Waals surface area contributed by atoms with E-state index in [1.54, 1.807) is 24.3 Å². The number of amides is 1. The minimum atomic E-state index is -3.73. The molecule has 0 radical (unpaired) electrons. The van der Waals surface area contributed by atoms with Gasteiger partial charge in [0.1, 0.15) is 12.4 Å². The van der Waals surface area contributed by atoms with Crippen molar-refractivity contribution in [3.8, 4) is 5.75 Å². The minimum absolute atomic E-state index is 0.134. The van der Waals surface area contributed by atoms with Crippen LogP contribution in [0, 0.1) is 13.8 Å². The van der Waals surface area contributed by atoms with Crippen molar-refractivity contribution in [2.24, 2.45) is 0 Å². The molecule has 0 saturated carbocycles. The van der Waals surface area contributed by atoms with Crippen molar-refractivity contribution in [1.82, 2.24) is 5.32 Å². The predicted molar refractivity (Wildman–Crippen MR) is 127 cm³/mol. The lowest BCUT2D eigenvalue weighted by Crippen LogP contribution is -2.28. The first-order valence-corrected chi connectivity index (χ1v) is 11.8. The molecule has 3 aromatic carbocycles. The van der Waals surface area contributed by atoms with Crippen LogP contribution in [0.1, 0.15) is 21.5 Å². The molecule has 0 aliphatic rings. The fourth-order valence-electron chi connectivity index (χ4n) is 3.12. The first-order valence-electron chi connectivity index (χ1n) is 10.0. The van der Waals surface area contributed by atoms with Gasteiger partial charge in [0.2, 0.25) is 0 Å². The molecule has 168 valence electrons. The summed E-state index contributed by atoms with van der Waals surface area (Å²) in [4.78, 5) is 12.5. The third kappa shape index (κ3) is 5.60. The van der Waals surface area contributed by atoms with Crippen LogP contribution in [-0.4, -0.2) is 34.5 Å². The summed E-state index contributed by atoms with van der Waals surface area (Å²) in [5, 5.41) is 3.26. The van der Waals surface area contributed by atoms with Crippen molar-refractivity contribution in [1.29, 1.82) is 0 Å². The summed E-state index contributed by atoms with van der Waals surface area (Å²) < 4.78 is 32.5. The zero-order chi connectivity index (χ0) is 23.3. The van der Waals surface area contributed by atoms with Gasteiger partial charge in [0.15, 0.2) is 0 Å². The van der Waals surface area contributed by atoms with E-state index in [9.17, 15) is 13.2 Å². The van der Waals surface area contributed by atoms with E-state index in [-0.39, 0.29) is 10.8 Å². The second-order valence-electron chi connectivity index (χ2n) is 7.35. The van der Waals surface area contributed by atoms with Crippen LogP contribution in [-0.2, 0) is 10.0 Å². The molecule has 0 aliphatic carbocycles. The molecular formula is C24H25ClN2O4S. The van der Waals surface area contributed by atoms with Gasteiger partial charge in [-0.05, 0) is 74.0 Å². The highest BCUT2D eigenvalue weighted by atomic mass is 35.5. The van der Waals surface area contributed by atoms with E-state index in [1.807, 2.05) is 32.0 Å². The molecule has 3 aromatic rings. The molecule has 0 spiro atoms. The number of nitrogens with zero attached hydrogens (tertiary/aromatic N) is 1. The van der Waals surface area contributed by atoms with E-state index < -0.39 is 10.0 Å². The van der Waals surface area contributed by atoms with Gasteiger partial charge in [-0.25, -0.2) is 8.42 Å². The number of nitrogens with one attached hydrogen (secondary N) is 1. The van der Waals surface area contributed by atoms with Crippen molar-refractivity contribution in [2.75, 3.05) is 24.5 Å². The molecule has 32 heavy (non-hydrogen) atoms. The Morgan fingerprint density at radius 1 is 1.00 bits per heavy atom. The summed E-state index contributed by atoms with van der Waals surface area (Å²) in [6, 6.07) is 18.3. The topological polar surface area (TPSA) is 75.7 Å². The summed E-state index contributed by atoms with van der Waals surface area (Å²) in [6.07, 6.45) is 0. The summed E-state index contributed by atoms with van der Waals surface area (Å²) in [5.41, 5.74) is 3.08. The van der Waals surface area contributed by atoms with Crippen molar-refractivity contribution in [3.05, 3.63) is 88.4 Å². The summed E-state index contributed by atoms with van der Waals surface area (Å²) >= 11 is 5.84. The van der Waals surface area contributed by atoms with Gasteiger partial charge >= 0.3 is 0 Å². The van der Waals surface area contributed by atoms with Crippen LogP contribution in [0.2, 0.25) is 5.02 Å². The van der Waals surface area contributed by atoms with E-state index in [1.165, 1.54) is 36.9 Å². The van der Waals surface area contributed by atoms with Crippen molar-refractivity contribution in [2.45, 2.75) is 18.7 Å². The fraction of sp³-hybridized carbons (Fsp3) is 0.208. The van der Waals surface area contributed by atoms with Crippen molar-refractivity contribution < 1.29 is 17.9 Å². The van der Waals surface area contributed by atoms with Crippen LogP contribution in [0.25, 0.3) is 0 Å². The number of hydrogen-bond donors (Lipinski definition) is 1. The molecule has 3 rings (SSSR count). The van der Waals surface area contributed by atoms with Crippen LogP contribution >= 0.6 is 11.6 Å². The van der Waals surface area contributed by atoms with Crippen molar-refractivity contribution >= 4 is 33.2 Å². The summed E-state index contributed by atoms with van der Waals surface area (Å²) in [6.45, 7) is 4.69. The first-order chi connectivity index (χ1) is 15.2. The first kappa shape index (κ1) is 23.6. The molecule has 0 fully saturated rings. The average molecular weight is 473 g/mol. The van der Waals surface area contributed by atoms with Crippen molar-refractivity contribution in [3.63, 3.8) is 0 Å². The van der Waals surface area contributed by atoms with Crippen LogP contribution in [0.3, 0.4) is 0 Å². The lowest BCUT2D eigenvalue weighted by atomic mass is 10.1. The van der Waals surface area contributed by atoms with Gasteiger partial charge < -0.3 is 10.1 Å². The number of carbonyl (C=O) groups excluding carboxylic acids is 1. The van der Waals surface area contributed by atoms with Gasteiger partial charge in [0.05, 0.1) is 17.1 Å². The Hall–Kier alpha value is -3.03. The Morgan fingerprint density at radius 2 is 1.66 bits per heavy atom. The number of rotatable bonds is 8. The molecule has 0 aromatic heterocycles. The Bertz CT molecular complexity index is 1190. The summed E-state index contributed by atoms with van der Waals surface area (Å²) in [5.74, 6) is 0.531. The van der Waals surface area contributed by atoms with Gasteiger partial charge in [-0.2, -0.15) is 0 Å². The maximum atomic E-state index is 12.8. The van der Waals surface area contributed by atoms with E-state index in [0.717, 1.165) is 15.6 Å². The van der Waals surface area contributed by atoms with Gasteiger partial charge in [-0.1, -0.05) is 29.3 Å². The Kier molecular flexibility index (Phi) is 7.43. The van der Waals surface area contributed by atoms with Crippen LogP contribution < -0.4 is 14.4 Å². The Morgan fingerprint density at radius 3 is 2.28 bits per heavy atom. The number of halogens is 1. The smallest absolute Gasteiger partial charge is 0.264 e. The van der Waals surface area contributed by atoms with Gasteiger partial charge in [0.25, 0.3) is 15.9 Å². The molecule has 1 amide bonds. The number of anilines is 1. The minimum Gasteiger partial charge on any atom is -0.491 e. The monoisotopic (exact) mass is 472 g/mol. The molecule has 8 heteroatoms. The molecule has 1 N–H and O–H groups in total. The quantitative estimate of drug-likeness (QED) is 0.486. The second-order valence-corrected chi connectivity index (χ2v) is 9.75. The maximum Gasteiger partial charge on any atom is 0.264 e. The number of benzene rings is 3. The number of hydrogen-bond acceptors (Lipinski definition) is 4. The lowest BCUT2D eigenvalue weighted by Gasteiger charge is -2.20. The van der Waals surface area contributed by atoms with Crippen LogP contribution in [0.15, 0.2) is 71.6 Å². The number of carbonyl (C=O) groups is 1. The number of sulfonamides is 1. The van der Waals surface area contributed by atoms with E-state index in [2.05, 4.69) is 5.32 Å². The molecule has 0 bridgehead atoms. The van der Waals surface area contributed by atoms with Gasteiger partial charge in [0, 0.05) is 17.6 Å². The second kappa shape index (κ2) is 10.1. The summed E-state index contributed by atoms with van der Waals surface area (Å²) in [7, 11) is -2.27. The predicted octanol–water partition coefficient (Wildman–Crippen LogP) is 4.59.